The van der Waals surface area contributed by atoms with Gasteiger partial charge in [0.25, 0.3) is 10.0 Å². The topological polar surface area (TPSA) is 100.0 Å². The molecule has 41 heavy (non-hydrogen) atoms. The monoisotopic (exact) mass is 577 g/mol. The largest absolute Gasteiger partial charge is 0.457 e. The first-order valence-electron chi connectivity index (χ1n) is 13.6. The first-order chi connectivity index (χ1) is 19.5. The SMILES string of the molecule is COCCc1cc2c(Oc3ccc4c(c3)[C@H](C)N(C(=O)OC(C)(C)C)CC4)ccnc2n1S(=O)(=O)c1ccccc1. The number of pyridine rings is 1. The number of aromatic nitrogens is 2. The van der Waals surface area contributed by atoms with E-state index in [1.807, 2.05) is 45.9 Å². The molecule has 0 spiro atoms. The van der Waals surface area contributed by atoms with Gasteiger partial charge in [0.2, 0.25) is 0 Å². The highest BCUT2D eigenvalue weighted by atomic mass is 32.2. The molecule has 216 valence electrons. The molecule has 2 aromatic heterocycles. The van der Waals surface area contributed by atoms with Gasteiger partial charge in [-0.3, -0.25) is 0 Å². The molecule has 1 atom stereocenters. The third-order valence-electron chi connectivity index (χ3n) is 7.05. The summed E-state index contributed by atoms with van der Waals surface area (Å²) in [5, 5.41) is 0.569. The summed E-state index contributed by atoms with van der Waals surface area (Å²) in [7, 11) is -2.35. The van der Waals surface area contributed by atoms with Crippen molar-refractivity contribution in [1.82, 2.24) is 13.9 Å². The molecule has 0 unspecified atom stereocenters. The van der Waals surface area contributed by atoms with Gasteiger partial charge in [-0.2, -0.15) is 0 Å². The summed E-state index contributed by atoms with van der Waals surface area (Å²) in [6.45, 7) is 8.46. The molecule has 1 aliphatic heterocycles. The van der Waals surface area contributed by atoms with Crippen LogP contribution in [0.25, 0.3) is 11.0 Å². The second-order valence-corrected chi connectivity index (χ2v) is 12.9. The average Bonchev–Trinajstić information content (AvgIpc) is 3.32. The molecule has 0 N–H and O–H groups in total. The Morgan fingerprint density at radius 1 is 1.07 bits per heavy atom. The van der Waals surface area contributed by atoms with E-state index in [-0.39, 0.29) is 22.7 Å². The van der Waals surface area contributed by atoms with E-state index in [0.717, 1.165) is 11.1 Å². The number of hydrogen-bond acceptors (Lipinski definition) is 7. The van der Waals surface area contributed by atoms with Gasteiger partial charge in [-0.15, -0.1) is 0 Å². The molecule has 0 aliphatic carbocycles. The maximum Gasteiger partial charge on any atom is 0.410 e. The highest BCUT2D eigenvalue weighted by Gasteiger charge is 2.31. The molecule has 10 heteroatoms. The van der Waals surface area contributed by atoms with E-state index in [1.54, 1.807) is 60.7 Å². The van der Waals surface area contributed by atoms with E-state index in [4.69, 9.17) is 14.2 Å². The molecule has 1 aliphatic rings. The smallest absolute Gasteiger partial charge is 0.410 e. The zero-order valence-corrected chi connectivity index (χ0v) is 24.8. The number of hydrogen-bond donors (Lipinski definition) is 0. The van der Waals surface area contributed by atoms with Crippen LogP contribution in [0.1, 0.15) is 50.6 Å². The first kappa shape index (κ1) is 28.6. The number of carbonyl (C=O) groups excluding carboxylic acids is 1. The van der Waals surface area contributed by atoms with Crippen molar-refractivity contribution in [2.45, 2.75) is 57.1 Å². The van der Waals surface area contributed by atoms with Crippen LogP contribution in [0.4, 0.5) is 4.79 Å². The molecule has 2 aromatic carbocycles. The van der Waals surface area contributed by atoms with E-state index in [9.17, 15) is 13.2 Å². The van der Waals surface area contributed by atoms with E-state index < -0.39 is 15.6 Å². The molecule has 0 saturated carbocycles. The molecule has 5 rings (SSSR count). The molecule has 4 aromatic rings. The van der Waals surface area contributed by atoms with Crippen LogP contribution in [-0.2, 0) is 32.3 Å². The second kappa shape index (κ2) is 11.2. The third-order valence-corrected chi connectivity index (χ3v) is 8.81. The Bertz CT molecular complexity index is 1680. The highest BCUT2D eigenvalue weighted by Crippen LogP contribution is 2.37. The highest BCUT2D eigenvalue weighted by molar-refractivity contribution is 7.90. The van der Waals surface area contributed by atoms with Gasteiger partial charge in [0.05, 0.1) is 22.9 Å². The van der Waals surface area contributed by atoms with Crippen LogP contribution in [0.15, 0.2) is 71.8 Å². The minimum Gasteiger partial charge on any atom is -0.457 e. The van der Waals surface area contributed by atoms with Crippen molar-refractivity contribution in [1.29, 1.82) is 0 Å². The zero-order valence-electron chi connectivity index (χ0n) is 24.0. The van der Waals surface area contributed by atoms with Crippen LogP contribution < -0.4 is 4.74 Å². The zero-order chi connectivity index (χ0) is 29.4. The van der Waals surface area contributed by atoms with Gasteiger partial charge < -0.3 is 19.1 Å². The molecule has 9 nitrogen and oxygen atoms in total. The fourth-order valence-electron chi connectivity index (χ4n) is 5.09. The maximum absolute atomic E-state index is 13.7. The Balaban J connectivity index is 1.51. The fourth-order valence-corrected chi connectivity index (χ4v) is 6.63. The summed E-state index contributed by atoms with van der Waals surface area (Å²) in [5.41, 5.74) is 2.36. The van der Waals surface area contributed by atoms with Crippen molar-refractivity contribution >= 4 is 27.1 Å². The third kappa shape index (κ3) is 5.80. The van der Waals surface area contributed by atoms with Crippen LogP contribution in [0.2, 0.25) is 0 Å². The van der Waals surface area contributed by atoms with E-state index >= 15 is 0 Å². The van der Waals surface area contributed by atoms with Crippen molar-refractivity contribution < 1.29 is 27.4 Å². The molecule has 0 fully saturated rings. The number of amides is 1. The van der Waals surface area contributed by atoms with Gasteiger partial charge in [-0.25, -0.2) is 22.2 Å². The standard InChI is InChI=1S/C31H35N3O6S/c1-21-26-20-24(12-11-22(26)14-17-33(21)30(35)40-31(2,3)4)39-28-13-16-32-29-27(28)19-23(15-18-38-5)34(29)41(36,37)25-9-7-6-8-10-25/h6-13,16,19-21H,14-15,17-18H2,1-5H3/t21-/m0/s1. The van der Waals surface area contributed by atoms with Crippen molar-refractivity contribution in [2.75, 3.05) is 20.3 Å². The number of carbonyl (C=O) groups is 1. The average molecular weight is 578 g/mol. The van der Waals surface area contributed by atoms with Crippen LogP contribution in [0, 0.1) is 0 Å². The minimum absolute atomic E-state index is 0.169. The van der Waals surface area contributed by atoms with Gasteiger partial charge in [-0.05, 0) is 81.6 Å². The normalized spacial score (nSPS) is 15.5. The van der Waals surface area contributed by atoms with E-state index in [2.05, 4.69) is 4.98 Å². The molecule has 0 radical (unpaired) electrons. The molecule has 1 amide bonds. The van der Waals surface area contributed by atoms with E-state index in [1.165, 1.54) is 3.97 Å². The van der Waals surface area contributed by atoms with Gasteiger partial charge in [0, 0.05) is 32.0 Å². The summed E-state index contributed by atoms with van der Waals surface area (Å²) in [6, 6.07) is 17.4. The minimum atomic E-state index is -3.93. The van der Waals surface area contributed by atoms with Crippen molar-refractivity contribution in [2.24, 2.45) is 0 Å². The summed E-state index contributed by atoms with van der Waals surface area (Å²) in [6.07, 6.45) is 2.28. The summed E-state index contributed by atoms with van der Waals surface area (Å²) < 4.78 is 46.0. The number of ether oxygens (including phenoxy) is 3. The van der Waals surface area contributed by atoms with Crippen molar-refractivity contribution in [3.05, 3.63) is 83.7 Å². The van der Waals surface area contributed by atoms with Crippen LogP contribution >= 0.6 is 0 Å². The molecular weight excluding hydrogens is 542 g/mol. The Kier molecular flexibility index (Phi) is 7.80. The summed E-state index contributed by atoms with van der Waals surface area (Å²) in [4.78, 5) is 19.2. The van der Waals surface area contributed by atoms with Crippen molar-refractivity contribution in [3.63, 3.8) is 0 Å². The number of fused-ring (bicyclic) bond motifs is 2. The lowest BCUT2D eigenvalue weighted by molar-refractivity contribution is 0.0159. The Morgan fingerprint density at radius 2 is 1.83 bits per heavy atom. The van der Waals surface area contributed by atoms with Gasteiger partial charge in [0.15, 0.2) is 5.65 Å². The lowest BCUT2D eigenvalue weighted by Crippen LogP contribution is -2.42. The van der Waals surface area contributed by atoms with Crippen LogP contribution in [0.3, 0.4) is 0 Å². The summed E-state index contributed by atoms with van der Waals surface area (Å²) in [5.74, 6) is 1.05. The lowest BCUT2D eigenvalue weighted by Gasteiger charge is -2.36. The maximum atomic E-state index is 13.7. The first-order valence-corrected chi connectivity index (χ1v) is 15.0. The van der Waals surface area contributed by atoms with Gasteiger partial charge in [0.1, 0.15) is 17.1 Å². The lowest BCUT2D eigenvalue weighted by atomic mass is 9.93. The van der Waals surface area contributed by atoms with Gasteiger partial charge >= 0.3 is 6.09 Å². The molecular formula is C31H35N3O6S. The summed E-state index contributed by atoms with van der Waals surface area (Å²) >= 11 is 0. The number of methoxy groups -OCH3 is 1. The Morgan fingerprint density at radius 3 is 2.54 bits per heavy atom. The van der Waals surface area contributed by atoms with Crippen LogP contribution in [0.5, 0.6) is 11.5 Å². The predicted molar refractivity (Wildman–Crippen MR) is 156 cm³/mol. The predicted octanol–water partition coefficient (Wildman–Crippen LogP) is 6.11. The number of benzene rings is 2. The molecule has 3 heterocycles. The van der Waals surface area contributed by atoms with Gasteiger partial charge in [-0.1, -0.05) is 24.3 Å². The second-order valence-electron chi connectivity index (χ2n) is 11.1. The van der Waals surface area contributed by atoms with E-state index in [0.29, 0.717) is 48.6 Å². The van der Waals surface area contributed by atoms with Crippen molar-refractivity contribution in [3.8, 4) is 11.5 Å². The number of rotatable bonds is 7. The Hall–Kier alpha value is -3.89. The quantitative estimate of drug-likeness (QED) is 0.261. The molecule has 0 saturated heterocycles. The number of nitrogens with zero attached hydrogens (tertiary/aromatic N) is 3. The molecule has 0 bridgehead atoms. The fraction of sp³-hybridized carbons (Fsp3) is 0.355. The van der Waals surface area contributed by atoms with Crippen LogP contribution in [-0.4, -0.2) is 54.2 Å². The Labute approximate surface area is 240 Å².